The fourth-order valence-electron chi connectivity index (χ4n) is 2.14. The molecule has 0 spiro atoms. The van der Waals surface area contributed by atoms with Crippen LogP contribution in [0.5, 0.6) is 5.75 Å². The number of aromatic amines is 1. The van der Waals surface area contributed by atoms with Crippen LogP contribution in [-0.4, -0.2) is 16.1 Å². The van der Waals surface area contributed by atoms with E-state index in [0.29, 0.717) is 5.56 Å². The molecule has 1 aromatic carbocycles. The number of hydrogen-bond donors (Lipinski definition) is 1. The summed E-state index contributed by atoms with van der Waals surface area (Å²) in [6.07, 6.45) is 1.19. The quantitative estimate of drug-likeness (QED) is 0.525. The normalized spacial score (nSPS) is 11.1. The molecule has 2 rings (SSSR count). The van der Waals surface area contributed by atoms with Gasteiger partial charge in [0.25, 0.3) is 11.2 Å². The number of nitrogens with zero attached hydrogens (tertiary/aromatic N) is 2. The second-order valence-corrected chi connectivity index (χ2v) is 5.45. The first-order chi connectivity index (χ1) is 10.8. The number of benzene rings is 1. The Morgan fingerprint density at radius 1 is 1.35 bits per heavy atom. The Hall–Kier alpha value is -2.67. The highest BCUT2D eigenvalue weighted by atomic mass is 35.5. The summed E-state index contributed by atoms with van der Waals surface area (Å²) < 4.78 is 0. The lowest BCUT2D eigenvalue weighted by Crippen LogP contribution is -2.15. The SMILES string of the molecule is Cc1cc(C)c(CN=Cc2cc(Cl)cc([N+](=O)[O-])c2[O-])c(=O)[nH]1. The molecule has 7 nitrogen and oxygen atoms in total. The molecule has 1 N–H and O–H groups in total. The zero-order valence-corrected chi connectivity index (χ0v) is 13.2. The van der Waals surface area contributed by atoms with Gasteiger partial charge < -0.3 is 10.1 Å². The van der Waals surface area contributed by atoms with E-state index in [4.69, 9.17) is 11.6 Å². The zero-order valence-electron chi connectivity index (χ0n) is 12.4. The summed E-state index contributed by atoms with van der Waals surface area (Å²) in [5.74, 6) is -0.766. The number of nitrogens with one attached hydrogen (secondary N) is 1. The van der Waals surface area contributed by atoms with Crippen LogP contribution in [0.4, 0.5) is 5.69 Å². The van der Waals surface area contributed by atoms with E-state index in [1.807, 2.05) is 6.07 Å². The third-order valence-electron chi connectivity index (χ3n) is 3.23. The number of H-pyrrole nitrogens is 1. The van der Waals surface area contributed by atoms with Gasteiger partial charge in [0.05, 0.1) is 11.5 Å². The average molecular weight is 335 g/mol. The van der Waals surface area contributed by atoms with E-state index in [2.05, 4.69) is 9.98 Å². The van der Waals surface area contributed by atoms with E-state index in [1.54, 1.807) is 13.8 Å². The lowest BCUT2D eigenvalue weighted by molar-refractivity contribution is -0.398. The van der Waals surface area contributed by atoms with Crippen LogP contribution in [-0.2, 0) is 6.54 Å². The molecular formula is C15H13ClN3O4-. The van der Waals surface area contributed by atoms with Gasteiger partial charge in [-0.25, -0.2) is 0 Å². The molecule has 1 heterocycles. The maximum atomic E-state index is 11.9. The van der Waals surface area contributed by atoms with Crippen LogP contribution in [0.1, 0.15) is 22.4 Å². The molecule has 0 aliphatic heterocycles. The van der Waals surface area contributed by atoms with Crippen LogP contribution in [0.15, 0.2) is 28.0 Å². The van der Waals surface area contributed by atoms with E-state index in [0.717, 1.165) is 17.3 Å². The van der Waals surface area contributed by atoms with E-state index in [-0.39, 0.29) is 22.7 Å². The van der Waals surface area contributed by atoms with Crippen LogP contribution in [0.2, 0.25) is 5.02 Å². The summed E-state index contributed by atoms with van der Waals surface area (Å²) in [4.78, 5) is 28.6. The fraction of sp³-hybridized carbons (Fsp3) is 0.200. The molecule has 0 fully saturated rings. The smallest absolute Gasteiger partial charge is 0.263 e. The largest absolute Gasteiger partial charge is 0.867 e. The minimum absolute atomic E-state index is 0.00499. The van der Waals surface area contributed by atoms with Gasteiger partial charge in [-0.3, -0.25) is 19.9 Å². The van der Waals surface area contributed by atoms with E-state index >= 15 is 0 Å². The molecule has 0 saturated heterocycles. The maximum Gasteiger partial charge on any atom is 0.263 e. The van der Waals surface area contributed by atoms with Gasteiger partial charge in [-0.1, -0.05) is 11.6 Å². The predicted molar refractivity (Wildman–Crippen MR) is 85.4 cm³/mol. The van der Waals surface area contributed by atoms with E-state index in [9.17, 15) is 20.0 Å². The summed E-state index contributed by atoms with van der Waals surface area (Å²) >= 11 is 5.77. The highest BCUT2D eigenvalue weighted by Crippen LogP contribution is 2.30. The Bertz CT molecular complexity index is 859. The summed E-state index contributed by atoms with van der Waals surface area (Å²) in [6, 6.07) is 4.11. The van der Waals surface area contributed by atoms with Crippen LogP contribution >= 0.6 is 11.6 Å². The second-order valence-electron chi connectivity index (χ2n) is 5.01. The first kappa shape index (κ1) is 16.7. The number of nitro groups is 1. The molecule has 0 bridgehead atoms. The summed E-state index contributed by atoms with van der Waals surface area (Å²) in [6.45, 7) is 3.62. The zero-order chi connectivity index (χ0) is 17.1. The molecule has 0 atom stereocenters. The van der Waals surface area contributed by atoms with Gasteiger partial charge >= 0.3 is 0 Å². The molecular weight excluding hydrogens is 322 g/mol. The Balaban J connectivity index is 2.32. The van der Waals surface area contributed by atoms with Crippen molar-refractivity contribution in [2.45, 2.75) is 20.4 Å². The summed E-state index contributed by atoms with van der Waals surface area (Å²) in [5, 5.41) is 22.8. The van der Waals surface area contributed by atoms with Gasteiger partial charge in [0.2, 0.25) is 0 Å². The van der Waals surface area contributed by atoms with Crippen molar-refractivity contribution in [1.82, 2.24) is 4.98 Å². The average Bonchev–Trinajstić information content (AvgIpc) is 2.44. The minimum atomic E-state index is -0.791. The first-order valence-electron chi connectivity index (χ1n) is 6.63. The van der Waals surface area contributed by atoms with Gasteiger partial charge in [0.15, 0.2) is 0 Å². The van der Waals surface area contributed by atoms with Crippen molar-refractivity contribution >= 4 is 23.5 Å². The number of halogens is 1. The molecule has 0 aliphatic rings. The third-order valence-corrected chi connectivity index (χ3v) is 3.45. The molecule has 0 aliphatic carbocycles. The Morgan fingerprint density at radius 2 is 2.04 bits per heavy atom. The van der Waals surface area contributed by atoms with Crippen molar-refractivity contribution < 1.29 is 10.0 Å². The summed E-state index contributed by atoms with van der Waals surface area (Å²) in [7, 11) is 0. The highest BCUT2D eigenvalue weighted by Gasteiger charge is 2.11. The van der Waals surface area contributed by atoms with Crippen molar-refractivity contribution in [3.8, 4) is 5.75 Å². The van der Waals surface area contributed by atoms with Gasteiger partial charge in [-0.2, -0.15) is 0 Å². The lowest BCUT2D eigenvalue weighted by atomic mass is 10.1. The van der Waals surface area contributed by atoms with E-state index < -0.39 is 16.4 Å². The predicted octanol–water partition coefficient (Wildman–Crippen LogP) is 2.25. The molecule has 0 amide bonds. The number of nitro benzene ring substituents is 1. The Morgan fingerprint density at radius 3 is 2.65 bits per heavy atom. The van der Waals surface area contributed by atoms with Crippen LogP contribution in [0.3, 0.4) is 0 Å². The number of rotatable bonds is 4. The molecule has 0 radical (unpaired) electrons. The Kier molecular flexibility index (Phi) is 4.80. The lowest BCUT2D eigenvalue weighted by Gasteiger charge is -2.10. The van der Waals surface area contributed by atoms with Crippen LogP contribution in [0.25, 0.3) is 0 Å². The molecule has 2 aromatic rings. The van der Waals surface area contributed by atoms with Crippen molar-refractivity contribution in [1.29, 1.82) is 0 Å². The Labute approximate surface area is 136 Å². The van der Waals surface area contributed by atoms with E-state index in [1.165, 1.54) is 12.3 Å². The van der Waals surface area contributed by atoms with Crippen molar-refractivity contribution in [3.05, 3.63) is 66.1 Å². The number of pyridine rings is 1. The fourth-order valence-corrected chi connectivity index (χ4v) is 2.37. The third kappa shape index (κ3) is 3.75. The monoisotopic (exact) mass is 334 g/mol. The molecule has 0 unspecified atom stereocenters. The minimum Gasteiger partial charge on any atom is -0.867 e. The topological polar surface area (TPSA) is 111 Å². The van der Waals surface area contributed by atoms with Crippen LogP contribution < -0.4 is 10.7 Å². The van der Waals surface area contributed by atoms with Crippen molar-refractivity contribution in [3.63, 3.8) is 0 Å². The van der Waals surface area contributed by atoms with Crippen molar-refractivity contribution in [2.75, 3.05) is 0 Å². The van der Waals surface area contributed by atoms with Crippen LogP contribution in [0, 0.1) is 24.0 Å². The number of aromatic nitrogens is 1. The second kappa shape index (κ2) is 6.62. The van der Waals surface area contributed by atoms with Gasteiger partial charge in [-0.15, -0.1) is 0 Å². The van der Waals surface area contributed by atoms with Gasteiger partial charge in [-0.05, 0) is 42.9 Å². The standard InChI is InChI=1S/C15H14ClN3O4/c1-8-3-9(2)18-15(21)12(8)7-17-6-10-4-11(16)5-13(14(10)20)19(22)23/h3-6,20H,7H2,1-2H3,(H,18,21)/p-1. The highest BCUT2D eigenvalue weighted by molar-refractivity contribution is 6.31. The number of aliphatic imine (C=N–C) groups is 1. The molecule has 8 heteroatoms. The van der Waals surface area contributed by atoms with Gasteiger partial charge in [0.1, 0.15) is 0 Å². The maximum absolute atomic E-state index is 11.9. The van der Waals surface area contributed by atoms with Gasteiger partial charge in [0, 0.05) is 28.6 Å². The first-order valence-corrected chi connectivity index (χ1v) is 7.01. The van der Waals surface area contributed by atoms with Crippen molar-refractivity contribution in [2.24, 2.45) is 4.99 Å². The molecule has 23 heavy (non-hydrogen) atoms. The summed E-state index contributed by atoms with van der Waals surface area (Å²) in [5.41, 5.74) is 1.14. The number of aryl methyl sites for hydroxylation is 2. The number of hydrogen-bond acceptors (Lipinski definition) is 5. The molecule has 0 saturated carbocycles. The molecule has 120 valence electrons. The molecule has 1 aromatic heterocycles.